The number of imidazole rings is 1. The van der Waals surface area contributed by atoms with Crippen LogP contribution < -0.4 is 5.32 Å². The summed E-state index contributed by atoms with van der Waals surface area (Å²) in [5, 5.41) is 3.11. The van der Waals surface area contributed by atoms with Crippen molar-refractivity contribution in [2.75, 3.05) is 13.1 Å². The minimum absolute atomic E-state index is 1.09. The lowest BCUT2D eigenvalue weighted by atomic mass is 10.4. The number of rotatable bonds is 2. The van der Waals surface area contributed by atoms with Crippen molar-refractivity contribution >= 4 is 0 Å². The maximum absolute atomic E-state index is 4.27. The van der Waals surface area contributed by atoms with Gasteiger partial charge in [-0.2, -0.15) is 0 Å². The highest BCUT2D eigenvalue weighted by Crippen LogP contribution is 2.05. The summed E-state index contributed by atoms with van der Waals surface area (Å²) in [6.07, 6.45) is 0. The molecule has 0 bridgehead atoms. The molecule has 3 heteroatoms. The number of nitrogens with one attached hydrogen (secondary N) is 1. The molecule has 0 amide bonds. The highest BCUT2D eigenvalue weighted by Gasteiger charge is 2.00. The van der Waals surface area contributed by atoms with Gasteiger partial charge in [-0.05, 0) is 33.9 Å². The zero-order chi connectivity index (χ0) is 11.1. The van der Waals surface area contributed by atoms with Gasteiger partial charge in [0.2, 0.25) is 0 Å². The second kappa shape index (κ2) is 6.60. The van der Waals surface area contributed by atoms with Gasteiger partial charge in [0, 0.05) is 12.7 Å². The molecule has 0 unspecified atom stereocenters. The van der Waals surface area contributed by atoms with E-state index in [4.69, 9.17) is 0 Å². The van der Waals surface area contributed by atoms with Gasteiger partial charge >= 0.3 is 0 Å². The van der Waals surface area contributed by atoms with Crippen LogP contribution in [0.3, 0.4) is 0 Å². The summed E-state index contributed by atoms with van der Waals surface area (Å²) < 4.78 is 2.09. The zero-order valence-corrected chi connectivity index (χ0v) is 10.3. The van der Waals surface area contributed by atoms with E-state index in [0.29, 0.717) is 0 Å². The van der Waals surface area contributed by atoms with E-state index in [-0.39, 0.29) is 0 Å². The Morgan fingerprint density at radius 1 is 1.14 bits per heavy atom. The first-order valence-corrected chi connectivity index (χ1v) is 5.21. The minimum Gasteiger partial charge on any atom is -0.335 e. The first-order chi connectivity index (χ1) is 6.54. The van der Waals surface area contributed by atoms with Crippen molar-refractivity contribution in [1.29, 1.82) is 0 Å². The van der Waals surface area contributed by atoms with Crippen LogP contribution in [0.5, 0.6) is 0 Å². The highest BCUT2D eigenvalue weighted by atomic mass is 15.1. The van der Waals surface area contributed by atoms with E-state index >= 15 is 0 Å². The SMILES string of the molecule is CCNCC.Cc1nc(C)n(C)c1C. The lowest BCUT2D eigenvalue weighted by Crippen LogP contribution is -2.09. The highest BCUT2D eigenvalue weighted by molar-refractivity contribution is 5.12. The van der Waals surface area contributed by atoms with Crippen molar-refractivity contribution in [2.45, 2.75) is 34.6 Å². The van der Waals surface area contributed by atoms with Crippen molar-refractivity contribution in [3.8, 4) is 0 Å². The van der Waals surface area contributed by atoms with Gasteiger partial charge in [0.25, 0.3) is 0 Å². The normalized spacial score (nSPS) is 9.57. The maximum atomic E-state index is 4.27. The molecule has 0 aliphatic carbocycles. The number of aromatic nitrogens is 2. The van der Waals surface area contributed by atoms with Crippen molar-refractivity contribution in [3.05, 3.63) is 17.2 Å². The fraction of sp³-hybridized carbons (Fsp3) is 0.727. The van der Waals surface area contributed by atoms with E-state index in [0.717, 1.165) is 24.6 Å². The molecule has 1 N–H and O–H groups in total. The van der Waals surface area contributed by atoms with Crippen molar-refractivity contribution in [3.63, 3.8) is 0 Å². The number of hydrogen-bond acceptors (Lipinski definition) is 2. The van der Waals surface area contributed by atoms with Crippen LogP contribution in [0.4, 0.5) is 0 Å². The van der Waals surface area contributed by atoms with E-state index in [1.165, 1.54) is 5.69 Å². The third-order valence-corrected chi connectivity index (χ3v) is 2.34. The predicted molar refractivity (Wildman–Crippen MR) is 61.6 cm³/mol. The van der Waals surface area contributed by atoms with Gasteiger partial charge < -0.3 is 9.88 Å². The lowest BCUT2D eigenvalue weighted by Gasteiger charge is -1.94. The molecule has 0 aliphatic rings. The molecule has 0 atom stereocenters. The molecule has 0 radical (unpaired) electrons. The minimum atomic E-state index is 1.09. The summed E-state index contributed by atoms with van der Waals surface area (Å²) >= 11 is 0. The molecule has 0 saturated carbocycles. The van der Waals surface area contributed by atoms with E-state index < -0.39 is 0 Å². The molecule has 0 saturated heterocycles. The van der Waals surface area contributed by atoms with Crippen LogP contribution in [0.25, 0.3) is 0 Å². The molecule has 1 aromatic heterocycles. The Morgan fingerprint density at radius 2 is 1.64 bits per heavy atom. The van der Waals surface area contributed by atoms with Crippen LogP contribution in [-0.2, 0) is 7.05 Å². The fourth-order valence-corrected chi connectivity index (χ4v) is 1.13. The van der Waals surface area contributed by atoms with E-state index in [1.54, 1.807) is 0 Å². The second-order valence-electron chi connectivity index (χ2n) is 3.35. The third kappa shape index (κ3) is 3.92. The Balaban J connectivity index is 0.000000292. The molecule has 0 spiro atoms. The van der Waals surface area contributed by atoms with Gasteiger partial charge in [-0.1, -0.05) is 13.8 Å². The quantitative estimate of drug-likeness (QED) is 0.785. The van der Waals surface area contributed by atoms with Gasteiger partial charge in [-0.25, -0.2) is 4.98 Å². The summed E-state index contributed by atoms with van der Waals surface area (Å²) in [4.78, 5) is 4.27. The summed E-state index contributed by atoms with van der Waals surface area (Å²) in [5.41, 5.74) is 2.39. The fourth-order valence-electron chi connectivity index (χ4n) is 1.13. The van der Waals surface area contributed by atoms with Gasteiger partial charge in [0.15, 0.2) is 0 Å². The third-order valence-electron chi connectivity index (χ3n) is 2.34. The van der Waals surface area contributed by atoms with Gasteiger partial charge in [0.05, 0.1) is 5.69 Å². The maximum Gasteiger partial charge on any atom is 0.105 e. The zero-order valence-electron chi connectivity index (χ0n) is 10.3. The van der Waals surface area contributed by atoms with E-state index in [1.807, 2.05) is 20.9 Å². The predicted octanol–water partition coefficient (Wildman–Crippen LogP) is 1.96. The topological polar surface area (TPSA) is 29.9 Å². The largest absolute Gasteiger partial charge is 0.335 e. The second-order valence-corrected chi connectivity index (χ2v) is 3.35. The molecular formula is C11H23N3. The van der Waals surface area contributed by atoms with Crippen LogP contribution in [-0.4, -0.2) is 22.6 Å². The molecule has 82 valence electrons. The van der Waals surface area contributed by atoms with Crippen molar-refractivity contribution in [1.82, 2.24) is 14.9 Å². The van der Waals surface area contributed by atoms with Crippen LogP contribution in [0.15, 0.2) is 0 Å². The molecule has 0 fully saturated rings. The van der Waals surface area contributed by atoms with E-state index in [2.05, 4.69) is 35.6 Å². The summed E-state index contributed by atoms with van der Waals surface area (Å²) in [5.74, 6) is 1.09. The average molecular weight is 197 g/mol. The Bertz CT molecular complexity index is 239. The van der Waals surface area contributed by atoms with Crippen molar-refractivity contribution in [2.24, 2.45) is 7.05 Å². The number of hydrogen-bond donors (Lipinski definition) is 1. The molecular weight excluding hydrogens is 174 g/mol. The summed E-state index contributed by atoms with van der Waals surface area (Å²) in [6.45, 7) is 12.5. The van der Waals surface area contributed by atoms with Crippen LogP contribution >= 0.6 is 0 Å². The summed E-state index contributed by atoms with van der Waals surface area (Å²) in [7, 11) is 2.03. The Labute approximate surface area is 87.5 Å². The van der Waals surface area contributed by atoms with E-state index in [9.17, 15) is 0 Å². The standard InChI is InChI=1S/C7H12N2.C4H11N/c1-5-6(2)9(4)7(3)8-5;1-3-5-4-2/h1-4H3;5H,3-4H2,1-2H3. The number of aryl methyl sites for hydroxylation is 2. The lowest BCUT2D eigenvalue weighted by molar-refractivity contribution is 0.762. The first-order valence-electron chi connectivity index (χ1n) is 5.21. The Morgan fingerprint density at radius 3 is 1.71 bits per heavy atom. The molecule has 3 nitrogen and oxygen atoms in total. The Kier molecular flexibility index (Phi) is 6.21. The number of nitrogens with zero attached hydrogens (tertiary/aromatic N) is 2. The summed E-state index contributed by atoms with van der Waals surface area (Å²) in [6, 6.07) is 0. The van der Waals surface area contributed by atoms with Crippen LogP contribution in [0.1, 0.15) is 31.1 Å². The van der Waals surface area contributed by atoms with Gasteiger partial charge in [0.1, 0.15) is 5.82 Å². The molecule has 1 aromatic rings. The van der Waals surface area contributed by atoms with Crippen molar-refractivity contribution < 1.29 is 0 Å². The Hall–Kier alpha value is -0.830. The van der Waals surface area contributed by atoms with Crippen LogP contribution in [0, 0.1) is 20.8 Å². The molecule has 14 heavy (non-hydrogen) atoms. The monoisotopic (exact) mass is 197 g/mol. The van der Waals surface area contributed by atoms with Gasteiger partial charge in [-0.3, -0.25) is 0 Å². The van der Waals surface area contributed by atoms with Crippen LogP contribution in [0.2, 0.25) is 0 Å². The average Bonchev–Trinajstić information content (AvgIpc) is 2.36. The molecule has 1 rings (SSSR count). The smallest absolute Gasteiger partial charge is 0.105 e. The first kappa shape index (κ1) is 13.2. The molecule has 0 aliphatic heterocycles. The van der Waals surface area contributed by atoms with Gasteiger partial charge in [-0.15, -0.1) is 0 Å². The molecule has 0 aromatic carbocycles. The molecule has 1 heterocycles.